The van der Waals surface area contributed by atoms with Gasteiger partial charge in [-0.25, -0.2) is 13.4 Å². The van der Waals surface area contributed by atoms with Crippen LogP contribution in [0.2, 0.25) is 8.67 Å². The van der Waals surface area contributed by atoms with Gasteiger partial charge in [-0.05, 0) is 34.1 Å². The Kier molecular flexibility index (Phi) is 4.19. The molecule has 0 fully saturated rings. The van der Waals surface area contributed by atoms with Crippen LogP contribution in [0.3, 0.4) is 0 Å². The first-order valence-electron chi connectivity index (χ1n) is 5.38. The molecule has 0 aliphatic heterocycles. The number of benzene rings is 1. The molecule has 0 saturated carbocycles. The van der Waals surface area contributed by atoms with Crippen LogP contribution in [0.15, 0.2) is 33.1 Å². The highest BCUT2D eigenvalue weighted by Gasteiger charge is 2.26. The predicted octanol–water partition coefficient (Wildman–Crippen LogP) is 5.23. The van der Waals surface area contributed by atoms with Gasteiger partial charge in [0.25, 0.3) is 10.0 Å². The number of thiophene rings is 1. The third-order valence-electron chi connectivity index (χ3n) is 2.58. The molecule has 4 nitrogen and oxygen atoms in total. The average molecular weight is 444 g/mol. The van der Waals surface area contributed by atoms with Gasteiger partial charge in [-0.3, -0.25) is 4.72 Å². The van der Waals surface area contributed by atoms with Gasteiger partial charge in [0, 0.05) is 0 Å². The number of anilines is 1. The fourth-order valence-electron chi connectivity index (χ4n) is 1.69. The van der Waals surface area contributed by atoms with E-state index in [4.69, 9.17) is 23.2 Å². The van der Waals surface area contributed by atoms with Crippen molar-refractivity contribution in [1.82, 2.24) is 4.98 Å². The largest absolute Gasteiger partial charge is 0.279 e. The smallest absolute Gasteiger partial charge is 0.265 e. The number of halogens is 3. The molecule has 0 atom stereocenters. The second kappa shape index (κ2) is 5.68. The van der Waals surface area contributed by atoms with Crippen molar-refractivity contribution in [3.8, 4) is 0 Å². The lowest BCUT2D eigenvalue weighted by Gasteiger charge is -2.08. The molecule has 10 heteroatoms. The monoisotopic (exact) mass is 442 g/mol. The standard InChI is InChI=1S/C11H5BrCl2N2O2S3/c12-8-9(11(14)20-10(8)13)21(17,18)16-5-1-2-6-7(3-5)19-4-15-6/h1-4,16H. The zero-order valence-corrected chi connectivity index (χ0v) is 15.5. The molecule has 21 heavy (non-hydrogen) atoms. The van der Waals surface area contributed by atoms with Crippen LogP contribution >= 0.6 is 61.8 Å². The summed E-state index contributed by atoms with van der Waals surface area (Å²) in [6.07, 6.45) is 0. The third kappa shape index (κ3) is 2.93. The summed E-state index contributed by atoms with van der Waals surface area (Å²) < 4.78 is 28.9. The number of nitrogens with one attached hydrogen (secondary N) is 1. The fraction of sp³-hybridized carbons (Fsp3) is 0. The Labute approximate surface area is 146 Å². The minimum absolute atomic E-state index is 0.0523. The van der Waals surface area contributed by atoms with Crippen molar-refractivity contribution in [3.63, 3.8) is 0 Å². The minimum Gasteiger partial charge on any atom is -0.279 e. The Hall–Kier alpha value is -0.380. The van der Waals surface area contributed by atoms with Gasteiger partial charge in [0.15, 0.2) is 0 Å². The van der Waals surface area contributed by atoms with Crippen LogP contribution in [-0.2, 0) is 10.0 Å². The summed E-state index contributed by atoms with van der Waals surface area (Å²) in [5, 5.41) is 0. The molecule has 0 amide bonds. The Morgan fingerprint density at radius 1 is 1.24 bits per heavy atom. The van der Waals surface area contributed by atoms with Gasteiger partial charge in [-0.15, -0.1) is 22.7 Å². The number of aromatic nitrogens is 1. The maximum Gasteiger partial charge on any atom is 0.265 e. The molecule has 0 unspecified atom stereocenters. The number of thiazole rings is 1. The molecule has 0 saturated heterocycles. The van der Waals surface area contributed by atoms with E-state index in [2.05, 4.69) is 25.6 Å². The maximum absolute atomic E-state index is 12.4. The SMILES string of the molecule is O=S(=O)(Nc1ccc2ncsc2c1)c1c(Cl)sc(Cl)c1Br. The highest BCUT2D eigenvalue weighted by molar-refractivity contribution is 9.10. The molecular formula is C11H5BrCl2N2O2S3. The second-order valence-corrected chi connectivity index (χ2v) is 9.46. The number of sulfonamides is 1. The molecule has 0 spiro atoms. The normalized spacial score (nSPS) is 12.0. The summed E-state index contributed by atoms with van der Waals surface area (Å²) in [6, 6.07) is 5.12. The van der Waals surface area contributed by atoms with Crippen LogP contribution in [0.25, 0.3) is 10.2 Å². The summed E-state index contributed by atoms with van der Waals surface area (Å²) >= 11 is 17.4. The first-order chi connectivity index (χ1) is 9.88. The van der Waals surface area contributed by atoms with E-state index in [1.165, 1.54) is 11.3 Å². The number of hydrogen-bond acceptors (Lipinski definition) is 5. The van der Waals surface area contributed by atoms with Gasteiger partial charge in [-0.1, -0.05) is 23.2 Å². The second-order valence-electron chi connectivity index (χ2n) is 3.93. The van der Waals surface area contributed by atoms with Crippen molar-refractivity contribution in [1.29, 1.82) is 0 Å². The Balaban J connectivity index is 2.02. The third-order valence-corrected chi connectivity index (χ3v) is 8.22. The predicted molar refractivity (Wildman–Crippen MR) is 92.5 cm³/mol. The molecule has 0 aliphatic rings. The lowest BCUT2D eigenvalue weighted by Crippen LogP contribution is -2.13. The number of rotatable bonds is 3. The summed E-state index contributed by atoms with van der Waals surface area (Å²) in [4.78, 5) is 4.09. The lowest BCUT2D eigenvalue weighted by atomic mass is 10.3. The molecule has 3 aromatic rings. The minimum atomic E-state index is -3.82. The molecule has 1 N–H and O–H groups in total. The molecule has 2 aromatic heterocycles. The van der Waals surface area contributed by atoms with Gasteiger partial charge < -0.3 is 0 Å². The van der Waals surface area contributed by atoms with Crippen molar-refractivity contribution in [3.05, 3.63) is 36.9 Å². The zero-order chi connectivity index (χ0) is 15.2. The molecule has 0 aliphatic carbocycles. The van der Waals surface area contributed by atoms with Crippen molar-refractivity contribution >= 4 is 87.7 Å². The fourth-order valence-corrected chi connectivity index (χ4v) is 7.02. The Bertz CT molecular complexity index is 936. The van der Waals surface area contributed by atoms with Gasteiger partial charge >= 0.3 is 0 Å². The molecular weight excluding hydrogens is 439 g/mol. The molecule has 0 bridgehead atoms. The first-order valence-corrected chi connectivity index (χ1v) is 10.1. The van der Waals surface area contributed by atoms with E-state index in [1.807, 2.05) is 0 Å². The molecule has 1 aromatic carbocycles. The van der Waals surface area contributed by atoms with Crippen molar-refractivity contribution in [2.45, 2.75) is 4.90 Å². The van der Waals surface area contributed by atoms with Crippen LogP contribution in [0.1, 0.15) is 0 Å². The van der Waals surface area contributed by atoms with Gasteiger partial charge in [0.1, 0.15) is 13.6 Å². The molecule has 110 valence electrons. The Morgan fingerprint density at radius 2 is 2.00 bits per heavy atom. The summed E-state index contributed by atoms with van der Waals surface area (Å²) in [7, 11) is -3.82. The summed E-state index contributed by atoms with van der Waals surface area (Å²) in [6.45, 7) is 0. The van der Waals surface area contributed by atoms with E-state index in [-0.39, 0.29) is 13.7 Å². The van der Waals surface area contributed by atoms with E-state index in [0.717, 1.165) is 21.6 Å². The van der Waals surface area contributed by atoms with Gasteiger partial charge in [0.2, 0.25) is 0 Å². The van der Waals surface area contributed by atoms with Crippen LogP contribution in [0.4, 0.5) is 5.69 Å². The average Bonchev–Trinajstić information content (AvgIpc) is 2.94. The number of nitrogens with zero attached hydrogens (tertiary/aromatic N) is 1. The van der Waals surface area contributed by atoms with Crippen LogP contribution in [0, 0.1) is 0 Å². The van der Waals surface area contributed by atoms with E-state index >= 15 is 0 Å². The highest BCUT2D eigenvalue weighted by Crippen LogP contribution is 2.43. The van der Waals surface area contributed by atoms with E-state index in [0.29, 0.717) is 10.0 Å². The van der Waals surface area contributed by atoms with Crippen LogP contribution in [0.5, 0.6) is 0 Å². The molecule has 2 heterocycles. The summed E-state index contributed by atoms with van der Waals surface area (Å²) in [5.41, 5.74) is 2.97. The quantitative estimate of drug-likeness (QED) is 0.602. The van der Waals surface area contributed by atoms with Crippen LogP contribution < -0.4 is 4.72 Å². The first kappa shape index (κ1) is 15.5. The van der Waals surface area contributed by atoms with E-state index in [9.17, 15) is 8.42 Å². The maximum atomic E-state index is 12.4. The van der Waals surface area contributed by atoms with E-state index < -0.39 is 10.0 Å². The van der Waals surface area contributed by atoms with Crippen molar-refractivity contribution < 1.29 is 8.42 Å². The zero-order valence-electron chi connectivity index (χ0n) is 9.93. The summed E-state index contributed by atoms with van der Waals surface area (Å²) in [5.74, 6) is 0. The number of hydrogen-bond donors (Lipinski definition) is 1. The molecule has 3 rings (SSSR count). The topological polar surface area (TPSA) is 59.1 Å². The molecule has 0 radical (unpaired) electrons. The Morgan fingerprint density at radius 3 is 2.67 bits per heavy atom. The van der Waals surface area contributed by atoms with Gasteiger partial charge in [-0.2, -0.15) is 0 Å². The van der Waals surface area contributed by atoms with Crippen LogP contribution in [-0.4, -0.2) is 13.4 Å². The van der Waals surface area contributed by atoms with Crippen molar-refractivity contribution in [2.75, 3.05) is 4.72 Å². The van der Waals surface area contributed by atoms with Gasteiger partial charge in [0.05, 0.1) is 25.9 Å². The lowest BCUT2D eigenvalue weighted by molar-refractivity contribution is 0.601. The van der Waals surface area contributed by atoms with E-state index in [1.54, 1.807) is 23.7 Å². The number of fused-ring (bicyclic) bond motifs is 1. The highest BCUT2D eigenvalue weighted by atomic mass is 79.9. The van der Waals surface area contributed by atoms with Crippen molar-refractivity contribution in [2.24, 2.45) is 0 Å².